The molecule has 0 heterocycles. The van der Waals surface area contributed by atoms with Crippen molar-refractivity contribution in [3.8, 4) is 0 Å². The minimum Gasteiger partial charge on any atom is -0.0736 e. The van der Waals surface area contributed by atoms with E-state index in [4.69, 9.17) is 0 Å². The molecule has 0 amide bonds. The van der Waals surface area contributed by atoms with E-state index < -0.39 is 0 Å². The highest BCUT2D eigenvalue weighted by molar-refractivity contribution is 5.17. The molecule has 0 aromatic carbocycles. The van der Waals surface area contributed by atoms with E-state index >= 15 is 0 Å². The molecule has 0 bridgehead atoms. The Morgan fingerprint density at radius 3 is 2.29 bits per heavy atom. The third-order valence-electron chi connectivity index (χ3n) is 3.44. The summed E-state index contributed by atoms with van der Waals surface area (Å²) in [6, 6.07) is 0. The van der Waals surface area contributed by atoms with Crippen LogP contribution in [0.15, 0.2) is 23.3 Å². The summed E-state index contributed by atoms with van der Waals surface area (Å²) < 4.78 is 0. The fourth-order valence-electron chi connectivity index (χ4n) is 2.09. The Morgan fingerprint density at radius 1 is 1.07 bits per heavy atom. The van der Waals surface area contributed by atoms with E-state index in [1.165, 1.54) is 44.1 Å². The van der Waals surface area contributed by atoms with Gasteiger partial charge in [-0.15, -0.1) is 0 Å². The lowest BCUT2D eigenvalue weighted by Gasteiger charge is -2.22. The smallest absolute Gasteiger partial charge is 0.0203 e. The molecule has 0 nitrogen and oxygen atoms in total. The van der Waals surface area contributed by atoms with E-state index in [1.807, 2.05) is 0 Å². The summed E-state index contributed by atoms with van der Waals surface area (Å²) in [5.74, 6) is 0.879. The predicted molar refractivity (Wildman–Crippen MR) is 64.4 cm³/mol. The second-order valence-electron chi connectivity index (χ2n) is 4.61. The van der Waals surface area contributed by atoms with Crippen LogP contribution in [0.2, 0.25) is 0 Å². The van der Waals surface area contributed by atoms with Crippen molar-refractivity contribution in [1.82, 2.24) is 0 Å². The SMILES string of the molecule is CC/C(C)=C\C=C(/C)C1CCCCC1. The highest BCUT2D eigenvalue weighted by Crippen LogP contribution is 2.29. The molecule has 1 fully saturated rings. The van der Waals surface area contributed by atoms with Crippen molar-refractivity contribution < 1.29 is 0 Å². The fourth-order valence-corrected chi connectivity index (χ4v) is 2.09. The molecule has 0 saturated heterocycles. The van der Waals surface area contributed by atoms with Crippen LogP contribution >= 0.6 is 0 Å². The zero-order valence-electron chi connectivity index (χ0n) is 9.97. The highest BCUT2D eigenvalue weighted by atomic mass is 14.2. The van der Waals surface area contributed by atoms with Gasteiger partial charge in [-0.3, -0.25) is 0 Å². The predicted octanol–water partition coefficient (Wildman–Crippen LogP) is 4.87. The van der Waals surface area contributed by atoms with Crippen molar-refractivity contribution >= 4 is 0 Å². The van der Waals surface area contributed by atoms with Crippen molar-refractivity contribution in [1.29, 1.82) is 0 Å². The number of rotatable bonds is 3. The Balaban J connectivity index is 2.49. The molecular formula is C14H24. The zero-order chi connectivity index (χ0) is 10.4. The van der Waals surface area contributed by atoms with E-state index in [2.05, 4.69) is 32.9 Å². The maximum atomic E-state index is 2.34. The van der Waals surface area contributed by atoms with E-state index in [-0.39, 0.29) is 0 Å². The molecular weight excluding hydrogens is 168 g/mol. The molecule has 1 aliphatic carbocycles. The van der Waals surface area contributed by atoms with E-state index in [9.17, 15) is 0 Å². The largest absolute Gasteiger partial charge is 0.0736 e. The maximum absolute atomic E-state index is 2.34. The van der Waals surface area contributed by atoms with Crippen molar-refractivity contribution in [2.24, 2.45) is 5.92 Å². The van der Waals surface area contributed by atoms with Crippen LogP contribution < -0.4 is 0 Å². The molecule has 0 radical (unpaired) electrons. The van der Waals surface area contributed by atoms with Gasteiger partial charge in [-0.25, -0.2) is 0 Å². The van der Waals surface area contributed by atoms with Gasteiger partial charge in [0.1, 0.15) is 0 Å². The second-order valence-corrected chi connectivity index (χ2v) is 4.61. The lowest BCUT2D eigenvalue weighted by molar-refractivity contribution is 0.403. The average Bonchev–Trinajstić information content (AvgIpc) is 2.26. The van der Waals surface area contributed by atoms with Gasteiger partial charge in [0.05, 0.1) is 0 Å². The standard InChI is InChI=1S/C14H24/c1-4-12(2)10-11-13(3)14-8-6-5-7-9-14/h10-11,14H,4-9H2,1-3H3/b12-10-,13-11+. The zero-order valence-corrected chi connectivity index (χ0v) is 9.97. The van der Waals surface area contributed by atoms with Crippen molar-refractivity contribution in [3.05, 3.63) is 23.3 Å². The first-order chi connectivity index (χ1) is 6.74. The second kappa shape index (κ2) is 6.06. The molecule has 0 spiro atoms. The molecule has 0 aliphatic heterocycles. The van der Waals surface area contributed by atoms with Crippen molar-refractivity contribution in [3.63, 3.8) is 0 Å². The van der Waals surface area contributed by atoms with Crippen molar-refractivity contribution in [2.75, 3.05) is 0 Å². The van der Waals surface area contributed by atoms with Crippen molar-refractivity contribution in [2.45, 2.75) is 59.3 Å². The van der Waals surface area contributed by atoms with Gasteiger partial charge in [-0.2, -0.15) is 0 Å². The van der Waals surface area contributed by atoms with Crippen LogP contribution in [0.5, 0.6) is 0 Å². The van der Waals surface area contributed by atoms with Crippen LogP contribution in [0.1, 0.15) is 59.3 Å². The minimum atomic E-state index is 0.879. The highest BCUT2D eigenvalue weighted by Gasteiger charge is 2.13. The van der Waals surface area contributed by atoms with Crippen LogP contribution in [0.3, 0.4) is 0 Å². The normalized spacial score (nSPS) is 21.4. The lowest BCUT2D eigenvalue weighted by Crippen LogP contribution is -2.06. The molecule has 1 aliphatic rings. The van der Waals surface area contributed by atoms with Gasteiger partial charge < -0.3 is 0 Å². The minimum absolute atomic E-state index is 0.879. The summed E-state index contributed by atoms with van der Waals surface area (Å²) in [5.41, 5.74) is 3.08. The molecule has 80 valence electrons. The van der Waals surface area contributed by atoms with Crippen LogP contribution in [0.25, 0.3) is 0 Å². The molecule has 0 aromatic heterocycles. The van der Waals surface area contributed by atoms with Gasteiger partial charge in [-0.05, 0) is 39.0 Å². The summed E-state index contributed by atoms with van der Waals surface area (Å²) in [6.07, 6.45) is 13.0. The summed E-state index contributed by atoms with van der Waals surface area (Å²) in [4.78, 5) is 0. The molecule has 14 heavy (non-hydrogen) atoms. The van der Waals surface area contributed by atoms with Crippen LogP contribution in [-0.4, -0.2) is 0 Å². The Morgan fingerprint density at radius 2 is 1.71 bits per heavy atom. The Bertz CT molecular complexity index is 214. The Kier molecular flexibility index (Phi) is 5.00. The van der Waals surface area contributed by atoms with Gasteiger partial charge in [0.2, 0.25) is 0 Å². The number of hydrogen-bond acceptors (Lipinski definition) is 0. The monoisotopic (exact) mass is 192 g/mol. The average molecular weight is 192 g/mol. The van der Waals surface area contributed by atoms with Gasteiger partial charge >= 0.3 is 0 Å². The molecule has 1 rings (SSSR count). The van der Waals surface area contributed by atoms with Gasteiger partial charge in [0.15, 0.2) is 0 Å². The third kappa shape index (κ3) is 3.69. The number of hydrogen-bond donors (Lipinski definition) is 0. The first-order valence-electron chi connectivity index (χ1n) is 6.08. The van der Waals surface area contributed by atoms with E-state index in [1.54, 1.807) is 5.57 Å². The summed E-state index contributed by atoms with van der Waals surface area (Å²) >= 11 is 0. The van der Waals surface area contributed by atoms with Crippen LogP contribution in [0, 0.1) is 5.92 Å². The quantitative estimate of drug-likeness (QED) is 0.560. The third-order valence-corrected chi connectivity index (χ3v) is 3.44. The molecule has 0 aromatic rings. The van der Waals surface area contributed by atoms with Gasteiger partial charge in [-0.1, -0.05) is 49.5 Å². The summed E-state index contributed by atoms with van der Waals surface area (Å²) in [5, 5.41) is 0. The Hall–Kier alpha value is -0.520. The van der Waals surface area contributed by atoms with Gasteiger partial charge in [0.25, 0.3) is 0 Å². The summed E-state index contributed by atoms with van der Waals surface area (Å²) in [7, 11) is 0. The van der Waals surface area contributed by atoms with E-state index in [0.717, 1.165) is 5.92 Å². The molecule has 0 N–H and O–H groups in total. The summed E-state index contributed by atoms with van der Waals surface area (Å²) in [6.45, 7) is 6.73. The lowest BCUT2D eigenvalue weighted by atomic mass is 9.84. The molecule has 0 atom stereocenters. The topological polar surface area (TPSA) is 0 Å². The molecule has 0 heteroatoms. The fraction of sp³-hybridized carbons (Fsp3) is 0.714. The Labute approximate surface area is 89.1 Å². The first kappa shape index (κ1) is 11.6. The molecule has 0 unspecified atom stereocenters. The maximum Gasteiger partial charge on any atom is -0.0203 e. The first-order valence-corrected chi connectivity index (χ1v) is 6.08. The van der Waals surface area contributed by atoms with Crippen LogP contribution in [0.4, 0.5) is 0 Å². The van der Waals surface area contributed by atoms with Gasteiger partial charge in [0, 0.05) is 0 Å². The van der Waals surface area contributed by atoms with E-state index in [0.29, 0.717) is 0 Å². The van der Waals surface area contributed by atoms with Crippen LogP contribution in [-0.2, 0) is 0 Å². The number of allylic oxidation sites excluding steroid dienone is 4. The molecule has 1 saturated carbocycles.